The lowest BCUT2D eigenvalue weighted by molar-refractivity contribution is 0.834. The lowest BCUT2D eigenvalue weighted by Crippen LogP contribution is -2.03. The van der Waals surface area contributed by atoms with Crippen LogP contribution in [0.3, 0.4) is 0 Å². The van der Waals surface area contributed by atoms with Gasteiger partial charge in [0, 0.05) is 6.20 Å². The van der Waals surface area contributed by atoms with Gasteiger partial charge in [0.25, 0.3) is 0 Å². The number of aliphatic imine (C=N–C) groups is 1. The Balaban J connectivity index is 2.61. The maximum atomic E-state index is 5.04. The third-order valence-corrected chi connectivity index (χ3v) is 3.88. The van der Waals surface area contributed by atoms with Crippen molar-refractivity contribution in [2.45, 2.75) is 52.9 Å². The summed E-state index contributed by atoms with van der Waals surface area (Å²) in [6, 6.07) is 12.5. The number of pyridine rings is 1. The van der Waals surface area contributed by atoms with Crippen molar-refractivity contribution in [2.24, 2.45) is 4.99 Å². The quantitative estimate of drug-likeness (QED) is 0.634. The Morgan fingerprint density at radius 3 is 2.05 bits per heavy atom. The van der Waals surface area contributed by atoms with Crippen molar-refractivity contribution in [2.75, 3.05) is 0 Å². The molecule has 0 spiro atoms. The zero-order chi connectivity index (χ0) is 16.1. The van der Waals surface area contributed by atoms with E-state index in [4.69, 9.17) is 4.99 Å². The standard InChI is InChI=1S/C20H26N2/c1-6-18(19-12-7-8-13-21-19)22-20-16(14(2)3)10-9-11-17(20)15(4)5/h7-15H,6H2,1-5H3. The Morgan fingerprint density at radius 2 is 1.59 bits per heavy atom. The number of benzene rings is 1. The Hall–Kier alpha value is -1.96. The molecule has 2 heteroatoms. The molecule has 1 aromatic carbocycles. The molecule has 0 bridgehead atoms. The average molecular weight is 294 g/mol. The number of hydrogen-bond donors (Lipinski definition) is 0. The summed E-state index contributed by atoms with van der Waals surface area (Å²) in [5.41, 5.74) is 5.78. The Bertz CT molecular complexity index is 614. The van der Waals surface area contributed by atoms with Crippen LogP contribution in [0.5, 0.6) is 0 Å². The van der Waals surface area contributed by atoms with E-state index >= 15 is 0 Å². The first-order chi connectivity index (χ1) is 10.5. The van der Waals surface area contributed by atoms with Crippen LogP contribution >= 0.6 is 0 Å². The molecular formula is C20H26N2. The predicted molar refractivity (Wildman–Crippen MR) is 95.3 cm³/mol. The molecule has 0 saturated heterocycles. The van der Waals surface area contributed by atoms with E-state index in [-0.39, 0.29) is 0 Å². The second-order valence-corrected chi connectivity index (χ2v) is 6.22. The largest absolute Gasteiger partial charge is 0.255 e. The van der Waals surface area contributed by atoms with Crippen LogP contribution in [-0.4, -0.2) is 10.7 Å². The highest BCUT2D eigenvalue weighted by atomic mass is 14.8. The highest BCUT2D eigenvalue weighted by Gasteiger charge is 2.14. The summed E-state index contributed by atoms with van der Waals surface area (Å²) in [5.74, 6) is 0.915. The molecule has 1 aromatic heterocycles. The molecule has 0 saturated carbocycles. The van der Waals surface area contributed by atoms with Crippen LogP contribution in [0.15, 0.2) is 47.6 Å². The van der Waals surface area contributed by atoms with Gasteiger partial charge >= 0.3 is 0 Å². The molecule has 0 unspecified atom stereocenters. The van der Waals surface area contributed by atoms with Crippen LogP contribution in [0.2, 0.25) is 0 Å². The number of hydrogen-bond acceptors (Lipinski definition) is 2. The van der Waals surface area contributed by atoms with E-state index in [0.717, 1.165) is 23.5 Å². The van der Waals surface area contributed by atoms with E-state index in [2.05, 4.69) is 57.8 Å². The van der Waals surface area contributed by atoms with E-state index in [1.54, 1.807) is 0 Å². The Labute approximate surface area is 134 Å². The van der Waals surface area contributed by atoms with Crippen molar-refractivity contribution in [3.05, 3.63) is 59.4 Å². The second kappa shape index (κ2) is 7.35. The van der Waals surface area contributed by atoms with E-state index in [9.17, 15) is 0 Å². The Kier molecular flexibility index (Phi) is 5.48. The summed E-state index contributed by atoms with van der Waals surface area (Å²) in [7, 11) is 0. The van der Waals surface area contributed by atoms with Crippen LogP contribution in [-0.2, 0) is 0 Å². The smallest absolute Gasteiger partial charge is 0.0844 e. The van der Waals surface area contributed by atoms with Gasteiger partial charge in [0.15, 0.2) is 0 Å². The first-order valence-corrected chi connectivity index (χ1v) is 8.16. The van der Waals surface area contributed by atoms with Crippen molar-refractivity contribution in [1.29, 1.82) is 0 Å². The monoisotopic (exact) mass is 294 g/mol. The lowest BCUT2D eigenvalue weighted by atomic mass is 9.93. The maximum absolute atomic E-state index is 5.04. The van der Waals surface area contributed by atoms with Crippen LogP contribution in [0, 0.1) is 0 Å². The molecule has 0 radical (unpaired) electrons. The summed E-state index contributed by atoms with van der Waals surface area (Å²) in [5, 5.41) is 0. The molecular weight excluding hydrogens is 268 g/mol. The van der Waals surface area contributed by atoms with Crippen molar-refractivity contribution in [1.82, 2.24) is 4.98 Å². The van der Waals surface area contributed by atoms with Crippen LogP contribution < -0.4 is 0 Å². The minimum atomic E-state index is 0.458. The van der Waals surface area contributed by atoms with Crippen molar-refractivity contribution < 1.29 is 0 Å². The van der Waals surface area contributed by atoms with Gasteiger partial charge in [-0.1, -0.05) is 58.9 Å². The highest BCUT2D eigenvalue weighted by Crippen LogP contribution is 2.35. The normalized spacial score (nSPS) is 12.2. The minimum absolute atomic E-state index is 0.458. The summed E-state index contributed by atoms with van der Waals surface area (Å²) >= 11 is 0. The first kappa shape index (κ1) is 16.4. The van der Waals surface area contributed by atoms with Gasteiger partial charge in [-0.2, -0.15) is 0 Å². The first-order valence-electron chi connectivity index (χ1n) is 8.16. The van der Waals surface area contributed by atoms with Crippen molar-refractivity contribution >= 4 is 11.4 Å². The van der Waals surface area contributed by atoms with Gasteiger partial charge in [0.1, 0.15) is 0 Å². The third kappa shape index (κ3) is 3.62. The van der Waals surface area contributed by atoms with E-state index < -0.39 is 0 Å². The Morgan fingerprint density at radius 1 is 0.955 bits per heavy atom. The summed E-state index contributed by atoms with van der Waals surface area (Å²) < 4.78 is 0. The molecule has 2 aromatic rings. The van der Waals surface area contributed by atoms with Crippen LogP contribution in [0.4, 0.5) is 5.69 Å². The minimum Gasteiger partial charge on any atom is -0.255 e. The number of nitrogens with zero attached hydrogens (tertiary/aromatic N) is 2. The predicted octanol–water partition coefficient (Wildman–Crippen LogP) is 5.86. The van der Waals surface area contributed by atoms with Crippen LogP contribution in [0.1, 0.15) is 69.7 Å². The molecule has 2 nitrogen and oxygen atoms in total. The number of para-hydroxylation sites is 1. The summed E-state index contributed by atoms with van der Waals surface area (Å²) in [4.78, 5) is 9.51. The van der Waals surface area contributed by atoms with Crippen molar-refractivity contribution in [3.63, 3.8) is 0 Å². The topological polar surface area (TPSA) is 25.2 Å². The molecule has 0 aliphatic rings. The maximum Gasteiger partial charge on any atom is 0.0844 e. The van der Waals surface area contributed by atoms with Gasteiger partial charge in [0.05, 0.1) is 17.1 Å². The molecule has 116 valence electrons. The van der Waals surface area contributed by atoms with Crippen molar-refractivity contribution in [3.8, 4) is 0 Å². The van der Waals surface area contributed by atoms with E-state index in [1.807, 2.05) is 24.4 Å². The molecule has 1 heterocycles. The molecule has 0 amide bonds. The van der Waals surface area contributed by atoms with Gasteiger partial charge in [0.2, 0.25) is 0 Å². The highest BCUT2D eigenvalue weighted by molar-refractivity contribution is 6.00. The van der Waals surface area contributed by atoms with E-state index in [1.165, 1.54) is 11.1 Å². The average Bonchev–Trinajstić information content (AvgIpc) is 2.52. The second-order valence-electron chi connectivity index (χ2n) is 6.22. The molecule has 0 aliphatic carbocycles. The fourth-order valence-corrected chi connectivity index (χ4v) is 2.63. The molecule has 0 atom stereocenters. The molecule has 2 rings (SSSR count). The lowest BCUT2D eigenvalue weighted by Gasteiger charge is -2.17. The molecule has 0 aliphatic heterocycles. The van der Waals surface area contributed by atoms with Gasteiger partial charge in [-0.05, 0) is 41.5 Å². The van der Waals surface area contributed by atoms with Gasteiger partial charge in [-0.3, -0.25) is 9.98 Å². The zero-order valence-corrected chi connectivity index (χ0v) is 14.3. The van der Waals surface area contributed by atoms with Gasteiger partial charge in [-0.25, -0.2) is 0 Å². The van der Waals surface area contributed by atoms with Gasteiger partial charge < -0.3 is 0 Å². The fourth-order valence-electron chi connectivity index (χ4n) is 2.63. The number of rotatable bonds is 5. The summed E-state index contributed by atoms with van der Waals surface area (Å²) in [6.07, 6.45) is 2.71. The molecule has 22 heavy (non-hydrogen) atoms. The summed E-state index contributed by atoms with van der Waals surface area (Å²) in [6.45, 7) is 11.0. The molecule has 0 fully saturated rings. The zero-order valence-electron chi connectivity index (χ0n) is 14.3. The van der Waals surface area contributed by atoms with E-state index in [0.29, 0.717) is 11.8 Å². The fraction of sp³-hybridized carbons (Fsp3) is 0.400. The van der Waals surface area contributed by atoms with Crippen LogP contribution in [0.25, 0.3) is 0 Å². The SMILES string of the molecule is CCC(=Nc1c(C(C)C)cccc1C(C)C)c1ccccn1. The van der Waals surface area contributed by atoms with Gasteiger partial charge in [-0.15, -0.1) is 0 Å². The third-order valence-electron chi connectivity index (χ3n) is 3.88. The number of aromatic nitrogens is 1. The molecule has 0 N–H and O–H groups in total.